The van der Waals surface area contributed by atoms with Gasteiger partial charge in [0.15, 0.2) is 69.8 Å². The molecule has 0 aliphatic heterocycles. The van der Waals surface area contributed by atoms with E-state index in [2.05, 4.69) is 16.0 Å². The number of halogens is 15. The minimum atomic E-state index is -2.36. The van der Waals surface area contributed by atoms with Gasteiger partial charge in [-0.3, -0.25) is 4.90 Å². The molecule has 19 heteroatoms. The van der Waals surface area contributed by atoms with E-state index in [0.29, 0.717) is 0 Å². The predicted octanol–water partition coefficient (Wildman–Crippen LogP) is 5.74. The number of benzene rings is 3. The number of rotatable bonds is 15. The molecule has 0 aliphatic rings. The van der Waals surface area contributed by atoms with Crippen LogP contribution >= 0.6 is 0 Å². The van der Waals surface area contributed by atoms with Crippen LogP contribution in [0.25, 0.3) is 0 Å². The van der Waals surface area contributed by atoms with E-state index in [1.54, 1.807) is 0 Å². The van der Waals surface area contributed by atoms with Gasteiger partial charge in [0.1, 0.15) is 0 Å². The fourth-order valence-electron chi connectivity index (χ4n) is 4.10. The molecule has 0 unspecified atom stereocenters. The normalized spacial score (nSPS) is 11.7. The van der Waals surface area contributed by atoms with E-state index in [4.69, 9.17) is 0 Å². The second kappa shape index (κ2) is 15.8. The van der Waals surface area contributed by atoms with Gasteiger partial charge in [0.05, 0.1) is 0 Å². The van der Waals surface area contributed by atoms with Crippen molar-refractivity contribution in [3.8, 4) is 0 Å². The molecule has 0 fully saturated rings. The summed E-state index contributed by atoms with van der Waals surface area (Å²) in [5.74, 6) is -32.5. The Balaban J connectivity index is 1.63. The van der Waals surface area contributed by atoms with Gasteiger partial charge < -0.3 is 16.0 Å². The second-order valence-electron chi connectivity index (χ2n) is 9.52. The topological polar surface area (TPSA) is 39.3 Å². The molecule has 3 rings (SSSR count). The van der Waals surface area contributed by atoms with Gasteiger partial charge in [-0.15, -0.1) is 0 Å². The Kier molecular flexibility index (Phi) is 12.7. The SMILES string of the molecule is Fc1c(F)c(F)c(CNCCN(CCNCc2c(F)c(F)c(F)c(F)c2F)CCNCc2c(F)c(F)c(F)c(F)c2F)c(F)c1F. The predicted molar refractivity (Wildman–Crippen MR) is 130 cm³/mol. The third-order valence-corrected chi connectivity index (χ3v) is 6.62. The quantitative estimate of drug-likeness (QED) is 0.0826. The summed E-state index contributed by atoms with van der Waals surface area (Å²) in [5.41, 5.74) is -3.51. The summed E-state index contributed by atoms with van der Waals surface area (Å²) in [6.45, 7) is -3.47. The Morgan fingerprint density at radius 2 is 0.457 bits per heavy atom. The molecule has 0 aliphatic carbocycles. The summed E-state index contributed by atoms with van der Waals surface area (Å²) in [7, 11) is 0. The number of hydrogen-bond acceptors (Lipinski definition) is 4. The fraction of sp³-hybridized carbons (Fsp3) is 0.333. The molecule has 3 aromatic rings. The summed E-state index contributed by atoms with van der Waals surface area (Å²) in [6.07, 6.45) is 0. The number of nitrogens with zero attached hydrogens (tertiary/aromatic N) is 1. The van der Waals surface area contributed by atoms with Crippen LogP contribution in [0.3, 0.4) is 0 Å². The van der Waals surface area contributed by atoms with E-state index in [1.807, 2.05) is 0 Å². The standard InChI is InChI=1S/C27H21F15N4/c28-13-10(14(29)20(35)25(40)19(13)34)7-43-1-4-46(5-2-44-8-11-15(30)21(36)26(41)22(37)16(11)31)6-3-45-9-12-17(32)23(38)27(42)24(39)18(12)33/h43-45H,1-9H2. The third kappa shape index (κ3) is 7.87. The zero-order valence-corrected chi connectivity index (χ0v) is 23.0. The molecule has 0 radical (unpaired) electrons. The van der Waals surface area contributed by atoms with Gasteiger partial charge in [-0.2, -0.15) is 0 Å². The summed E-state index contributed by atoms with van der Waals surface area (Å²) < 4.78 is 204. The Hall–Kier alpha value is -3.55. The number of nitrogens with one attached hydrogen (secondary N) is 3. The minimum absolute atomic E-state index is 0.107. The summed E-state index contributed by atoms with van der Waals surface area (Å²) in [5, 5.41) is 7.29. The molecule has 3 N–H and O–H groups in total. The lowest BCUT2D eigenvalue weighted by Gasteiger charge is -2.23. The highest BCUT2D eigenvalue weighted by Gasteiger charge is 2.27. The first kappa shape index (κ1) is 36.9. The average molecular weight is 686 g/mol. The van der Waals surface area contributed by atoms with E-state index in [1.165, 1.54) is 4.90 Å². The molecular formula is C27H21F15N4. The average Bonchev–Trinajstić information content (AvgIpc) is 3.04. The lowest BCUT2D eigenvalue weighted by molar-refractivity contribution is 0.269. The summed E-state index contributed by atoms with van der Waals surface area (Å²) in [6, 6.07) is 0. The first-order valence-corrected chi connectivity index (χ1v) is 13.0. The molecular weight excluding hydrogens is 665 g/mol. The van der Waals surface area contributed by atoms with Crippen molar-refractivity contribution in [3.05, 3.63) is 104 Å². The van der Waals surface area contributed by atoms with Crippen LogP contribution in [0.5, 0.6) is 0 Å². The Bertz CT molecular complexity index is 1310. The van der Waals surface area contributed by atoms with E-state index in [-0.39, 0.29) is 39.3 Å². The van der Waals surface area contributed by atoms with Crippen molar-refractivity contribution in [2.45, 2.75) is 19.6 Å². The minimum Gasteiger partial charge on any atom is -0.311 e. The molecule has 0 atom stereocenters. The lowest BCUT2D eigenvalue weighted by atomic mass is 10.1. The van der Waals surface area contributed by atoms with Crippen molar-refractivity contribution in [1.82, 2.24) is 20.9 Å². The molecule has 0 aromatic heterocycles. The lowest BCUT2D eigenvalue weighted by Crippen LogP contribution is -2.40. The fourth-order valence-corrected chi connectivity index (χ4v) is 4.10. The van der Waals surface area contributed by atoms with Crippen LogP contribution < -0.4 is 16.0 Å². The maximum absolute atomic E-state index is 13.9. The number of hydrogen-bond donors (Lipinski definition) is 3. The maximum Gasteiger partial charge on any atom is 0.200 e. The van der Waals surface area contributed by atoms with E-state index in [0.717, 1.165) is 0 Å². The van der Waals surface area contributed by atoms with Crippen LogP contribution in [0.2, 0.25) is 0 Å². The monoisotopic (exact) mass is 686 g/mol. The van der Waals surface area contributed by atoms with Gasteiger partial charge >= 0.3 is 0 Å². The van der Waals surface area contributed by atoms with Gasteiger partial charge in [0.25, 0.3) is 0 Å². The molecule has 0 saturated heterocycles. The summed E-state index contributed by atoms with van der Waals surface area (Å²) >= 11 is 0. The van der Waals surface area contributed by atoms with Crippen molar-refractivity contribution >= 4 is 0 Å². The van der Waals surface area contributed by atoms with Crippen LogP contribution in [0, 0.1) is 87.3 Å². The van der Waals surface area contributed by atoms with Crippen LogP contribution in [-0.4, -0.2) is 44.2 Å². The zero-order chi connectivity index (χ0) is 34.5. The molecule has 0 amide bonds. The summed E-state index contributed by atoms with van der Waals surface area (Å²) in [4.78, 5) is 1.43. The van der Waals surface area contributed by atoms with Crippen molar-refractivity contribution in [3.63, 3.8) is 0 Å². The van der Waals surface area contributed by atoms with Gasteiger partial charge in [0.2, 0.25) is 17.5 Å². The molecule has 0 saturated carbocycles. The molecule has 4 nitrogen and oxygen atoms in total. The van der Waals surface area contributed by atoms with Crippen molar-refractivity contribution in [2.24, 2.45) is 0 Å². The van der Waals surface area contributed by atoms with Gasteiger partial charge in [0, 0.05) is 75.6 Å². The van der Waals surface area contributed by atoms with Crippen LogP contribution in [0.4, 0.5) is 65.9 Å². The molecule has 46 heavy (non-hydrogen) atoms. The first-order valence-electron chi connectivity index (χ1n) is 13.0. The van der Waals surface area contributed by atoms with Crippen LogP contribution in [0.15, 0.2) is 0 Å². The van der Waals surface area contributed by atoms with E-state index in [9.17, 15) is 65.9 Å². The first-order chi connectivity index (χ1) is 21.6. The maximum atomic E-state index is 13.9. The van der Waals surface area contributed by atoms with Crippen molar-refractivity contribution < 1.29 is 65.9 Å². The van der Waals surface area contributed by atoms with Gasteiger partial charge in [-0.1, -0.05) is 0 Å². The Morgan fingerprint density at radius 1 is 0.283 bits per heavy atom. The smallest absolute Gasteiger partial charge is 0.200 e. The van der Waals surface area contributed by atoms with Crippen molar-refractivity contribution in [2.75, 3.05) is 39.3 Å². The molecule has 0 spiro atoms. The highest BCUT2D eigenvalue weighted by molar-refractivity contribution is 5.25. The molecule has 0 bridgehead atoms. The highest BCUT2D eigenvalue weighted by atomic mass is 19.2. The van der Waals surface area contributed by atoms with Crippen LogP contribution in [-0.2, 0) is 19.6 Å². The Morgan fingerprint density at radius 3 is 0.652 bits per heavy atom. The third-order valence-electron chi connectivity index (χ3n) is 6.62. The van der Waals surface area contributed by atoms with Gasteiger partial charge in [-0.05, 0) is 0 Å². The van der Waals surface area contributed by atoms with Crippen LogP contribution in [0.1, 0.15) is 16.7 Å². The van der Waals surface area contributed by atoms with Gasteiger partial charge in [-0.25, -0.2) is 65.9 Å². The largest absolute Gasteiger partial charge is 0.311 e. The molecule has 0 heterocycles. The van der Waals surface area contributed by atoms with Crippen molar-refractivity contribution in [1.29, 1.82) is 0 Å². The van der Waals surface area contributed by atoms with E-state index >= 15 is 0 Å². The molecule has 3 aromatic carbocycles. The Labute approximate surface area is 250 Å². The zero-order valence-electron chi connectivity index (χ0n) is 23.0. The second-order valence-corrected chi connectivity index (χ2v) is 9.52. The molecule has 254 valence electrons. The highest BCUT2D eigenvalue weighted by Crippen LogP contribution is 2.25. The van der Waals surface area contributed by atoms with E-state index < -0.39 is 124 Å².